The van der Waals surface area contributed by atoms with Crippen LogP contribution in [0.4, 0.5) is 0 Å². The third-order valence-electron chi connectivity index (χ3n) is 4.05. The third kappa shape index (κ3) is 2.46. The first-order valence-electron chi connectivity index (χ1n) is 6.33. The molecular weight excluding hydrogens is 220 g/mol. The van der Waals surface area contributed by atoms with Crippen LogP contribution >= 0.6 is 0 Å². The molecule has 5 heteroatoms. The van der Waals surface area contributed by atoms with Crippen molar-refractivity contribution in [2.45, 2.75) is 31.4 Å². The minimum atomic E-state index is -0.696. The Kier molecular flexibility index (Phi) is 3.70. The van der Waals surface area contributed by atoms with Crippen LogP contribution in [0.2, 0.25) is 0 Å². The van der Waals surface area contributed by atoms with Crippen LogP contribution in [-0.2, 0) is 9.53 Å². The lowest BCUT2D eigenvalue weighted by atomic mass is 9.84. The van der Waals surface area contributed by atoms with E-state index in [1.807, 2.05) is 6.92 Å². The van der Waals surface area contributed by atoms with E-state index in [4.69, 9.17) is 4.74 Å². The molecule has 2 saturated heterocycles. The molecule has 2 heterocycles. The second kappa shape index (κ2) is 4.92. The van der Waals surface area contributed by atoms with Gasteiger partial charge in [0.1, 0.15) is 5.54 Å². The number of hydrogen-bond donors (Lipinski definition) is 1. The Labute approximate surface area is 102 Å². The monoisotopic (exact) mass is 242 g/mol. The van der Waals surface area contributed by atoms with Gasteiger partial charge in [0.2, 0.25) is 0 Å². The van der Waals surface area contributed by atoms with Crippen LogP contribution in [0.1, 0.15) is 19.8 Å². The average molecular weight is 242 g/mol. The first-order chi connectivity index (χ1) is 8.04. The molecule has 0 radical (unpaired) electrons. The molecule has 2 aliphatic rings. The number of carbonyl (C=O) groups is 1. The molecule has 2 atom stereocenters. The van der Waals surface area contributed by atoms with Gasteiger partial charge in [-0.25, -0.2) is 0 Å². The first kappa shape index (κ1) is 12.8. The summed E-state index contributed by atoms with van der Waals surface area (Å²) in [6.07, 6.45) is 1.25. The lowest BCUT2D eigenvalue weighted by molar-refractivity contribution is -0.164. The summed E-state index contributed by atoms with van der Waals surface area (Å²) in [6.45, 7) is 6.10. The maximum atomic E-state index is 11.7. The minimum absolute atomic E-state index is 0.0412. The molecule has 0 aromatic carbocycles. The van der Waals surface area contributed by atoms with Crippen LogP contribution in [0.5, 0.6) is 0 Å². The summed E-state index contributed by atoms with van der Waals surface area (Å²) in [6, 6.07) is 0. The average Bonchev–Trinajstić information content (AvgIpc) is 2.29. The van der Waals surface area contributed by atoms with E-state index in [0.29, 0.717) is 19.4 Å². The van der Waals surface area contributed by atoms with E-state index in [0.717, 1.165) is 26.2 Å². The van der Waals surface area contributed by atoms with E-state index in [1.54, 1.807) is 0 Å². The molecule has 17 heavy (non-hydrogen) atoms. The summed E-state index contributed by atoms with van der Waals surface area (Å²) in [4.78, 5) is 16.1. The summed E-state index contributed by atoms with van der Waals surface area (Å²) in [5.74, 6) is -0.683. The Bertz CT molecular complexity index is 289. The van der Waals surface area contributed by atoms with Gasteiger partial charge in [0.15, 0.2) is 0 Å². The third-order valence-corrected chi connectivity index (χ3v) is 4.05. The molecule has 0 spiro atoms. The number of carboxylic acid groups (broad SMARTS) is 1. The maximum absolute atomic E-state index is 11.7. The van der Waals surface area contributed by atoms with Gasteiger partial charge in [-0.3, -0.25) is 9.69 Å². The second-order valence-electron chi connectivity index (χ2n) is 5.26. The van der Waals surface area contributed by atoms with Gasteiger partial charge in [-0.2, -0.15) is 0 Å². The standard InChI is InChI=1S/C12H22N2O3/c1-10-9-12(11(15)16,3-8-17-10)14-6-4-13(2)5-7-14/h10H,3-9H2,1-2H3,(H,15,16). The molecular formula is C12H22N2O3. The van der Waals surface area contributed by atoms with E-state index in [2.05, 4.69) is 16.8 Å². The maximum Gasteiger partial charge on any atom is 0.324 e. The van der Waals surface area contributed by atoms with Crippen LogP contribution in [-0.4, -0.2) is 72.4 Å². The topological polar surface area (TPSA) is 53.0 Å². The van der Waals surface area contributed by atoms with E-state index in [-0.39, 0.29) is 6.10 Å². The van der Waals surface area contributed by atoms with Crippen molar-refractivity contribution in [3.63, 3.8) is 0 Å². The van der Waals surface area contributed by atoms with Crippen molar-refractivity contribution in [1.29, 1.82) is 0 Å². The fourth-order valence-corrected chi connectivity index (χ4v) is 2.92. The molecule has 2 fully saturated rings. The molecule has 0 aromatic heterocycles. The summed E-state index contributed by atoms with van der Waals surface area (Å²) < 4.78 is 5.49. The largest absolute Gasteiger partial charge is 0.480 e. The molecule has 0 aromatic rings. The summed E-state index contributed by atoms with van der Waals surface area (Å²) in [5, 5.41) is 9.61. The number of rotatable bonds is 2. The van der Waals surface area contributed by atoms with Gasteiger partial charge in [-0.05, 0) is 20.4 Å². The van der Waals surface area contributed by atoms with Crippen LogP contribution in [0.25, 0.3) is 0 Å². The fourth-order valence-electron chi connectivity index (χ4n) is 2.92. The number of aliphatic carboxylic acids is 1. The van der Waals surface area contributed by atoms with Gasteiger partial charge in [0.05, 0.1) is 6.10 Å². The Morgan fingerprint density at radius 3 is 2.53 bits per heavy atom. The molecule has 98 valence electrons. The number of piperazine rings is 1. The Balaban J connectivity index is 2.13. The summed E-state index contributed by atoms with van der Waals surface area (Å²) in [5.41, 5.74) is -0.696. The Morgan fingerprint density at radius 2 is 2.00 bits per heavy atom. The van der Waals surface area contributed by atoms with Gasteiger partial charge < -0.3 is 14.7 Å². The van der Waals surface area contributed by atoms with Gasteiger partial charge in [-0.15, -0.1) is 0 Å². The number of ether oxygens (including phenoxy) is 1. The normalized spacial score (nSPS) is 36.9. The molecule has 0 aliphatic carbocycles. The lowest BCUT2D eigenvalue weighted by Gasteiger charge is -2.47. The van der Waals surface area contributed by atoms with Crippen molar-refractivity contribution in [3.05, 3.63) is 0 Å². The molecule has 2 rings (SSSR count). The fraction of sp³-hybridized carbons (Fsp3) is 0.917. The van der Waals surface area contributed by atoms with Crippen LogP contribution < -0.4 is 0 Å². The zero-order valence-corrected chi connectivity index (χ0v) is 10.7. The van der Waals surface area contributed by atoms with E-state index in [9.17, 15) is 9.90 Å². The van der Waals surface area contributed by atoms with Gasteiger partial charge in [0, 0.05) is 39.2 Å². The molecule has 2 aliphatic heterocycles. The number of nitrogens with zero attached hydrogens (tertiary/aromatic N) is 2. The van der Waals surface area contributed by atoms with E-state index >= 15 is 0 Å². The van der Waals surface area contributed by atoms with Gasteiger partial charge in [0.25, 0.3) is 0 Å². The van der Waals surface area contributed by atoms with Crippen LogP contribution in [0.3, 0.4) is 0 Å². The van der Waals surface area contributed by atoms with Crippen molar-refractivity contribution in [1.82, 2.24) is 9.80 Å². The summed E-state index contributed by atoms with van der Waals surface area (Å²) in [7, 11) is 2.08. The highest BCUT2D eigenvalue weighted by Gasteiger charge is 2.47. The Morgan fingerprint density at radius 1 is 1.35 bits per heavy atom. The van der Waals surface area contributed by atoms with Crippen LogP contribution in [0, 0.1) is 0 Å². The molecule has 0 amide bonds. The van der Waals surface area contributed by atoms with Crippen molar-refractivity contribution < 1.29 is 14.6 Å². The molecule has 1 N–H and O–H groups in total. The highest BCUT2D eigenvalue weighted by atomic mass is 16.5. The zero-order valence-electron chi connectivity index (χ0n) is 10.7. The Hall–Kier alpha value is -0.650. The summed E-state index contributed by atoms with van der Waals surface area (Å²) >= 11 is 0. The number of carboxylic acids is 1. The quantitative estimate of drug-likeness (QED) is 0.752. The van der Waals surface area contributed by atoms with Crippen LogP contribution in [0.15, 0.2) is 0 Å². The van der Waals surface area contributed by atoms with Crippen molar-refractivity contribution >= 4 is 5.97 Å². The number of hydrogen-bond acceptors (Lipinski definition) is 4. The molecule has 0 saturated carbocycles. The SMILES string of the molecule is CC1CC(C(=O)O)(N2CCN(C)CC2)CCO1. The smallest absolute Gasteiger partial charge is 0.324 e. The minimum Gasteiger partial charge on any atom is -0.480 e. The predicted octanol–water partition coefficient (Wildman–Crippen LogP) is 0.256. The molecule has 5 nitrogen and oxygen atoms in total. The molecule has 0 bridgehead atoms. The number of likely N-dealkylation sites (N-methyl/N-ethyl adjacent to an activating group) is 1. The highest BCUT2D eigenvalue weighted by Crippen LogP contribution is 2.32. The van der Waals surface area contributed by atoms with E-state index < -0.39 is 11.5 Å². The van der Waals surface area contributed by atoms with Gasteiger partial charge in [-0.1, -0.05) is 0 Å². The first-order valence-corrected chi connectivity index (χ1v) is 6.33. The van der Waals surface area contributed by atoms with E-state index in [1.165, 1.54) is 0 Å². The van der Waals surface area contributed by atoms with Crippen molar-refractivity contribution in [2.24, 2.45) is 0 Å². The highest BCUT2D eigenvalue weighted by molar-refractivity contribution is 5.79. The second-order valence-corrected chi connectivity index (χ2v) is 5.26. The van der Waals surface area contributed by atoms with Gasteiger partial charge >= 0.3 is 5.97 Å². The molecule has 2 unspecified atom stereocenters. The van der Waals surface area contributed by atoms with Crippen molar-refractivity contribution in [3.8, 4) is 0 Å². The predicted molar refractivity (Wildman–Crippen MR) is 64.1 cm³/mol. The lowest BCUT2D eigenvalue weighted by Crippen LogP contribution is -2.63. The van der Waals surface area contributed by atoms with Crippen molar-refractivity contribution in [2.75, 3.05) is 39.8 Å². The zero-order chi connectivity index (χ0) is 12.5.